The third-order valence-electron chi connectivity index (χ3n) is 3.61. The molecule has 0 spiro atoms. The van der Waals surface area contributed by atoms with E-state index in [0.717, 1.165) is 6.07 Å². The molecule has 0 unspecified atom stereocenters. The van der Waals surface area contributed by atoms with E-state index in [4.69, 9.17) is 11.6 Å². The van der Waals surface area contributed by atoms with Crippen LogP contribution in [-0.2, 0) is 10.0 Å². The molecule has 0 aliphatic carbocycles. The van der Waals surface area contributed by atoms with Crippen molar-refractivity contribution in [2.24, 2.45) is 0 Å². The van der Waals surface area contributed by atoms with Gasteiger partial charge in [0.1, 0.15) is 5.82 Å². The number of hydrogen-bond donors (Lipinski definition) is 2. The van der Waals surface area contributed by atoms with Crippen LogP contribution in [0.15, 0.2) is 77.7 Å². The fraction of sp³-hybridized carbons (Fsp3) is 0. The van der Waals surface area contributed by atoms with E-state index < -0.39 is 21.7 Å². The van der Waals surface area contributed by atoms with E-state index in [1.807, 2.05) is 0 Å². The van der Waals surface area contributed by atoms with Crippen LogP contribution in [0.3, 0.4) is 0 Å². The zero-order chi connectivity index (χ0) is 19.4. The summed E-state index contributed by atoms with van der Waals surface area (Å²) in [7, 11) is -3.77. The van der Waals surface area contributed by atoms with Gasteiger partial charge in [0.15, 0.2) is 0 Å². The fourth-order valence-electron chi connectivity index (χ4n) is 2.31. The van der Waals surface area contributed by atoms with Crippen molar-refractivity contribution in [3.8, 4) is 0 Å². The van der Waals surface area contributed by atoms with Gasteiger partial charge in [-0.3, -0.25) is 9.52 Å². The van der Waals surface area contributed by atoms with Gasteiger partial charge in [0.2, 0.25) is 0 Å². The first-order valence-corrected chi connectivity index (χ1v) is 9.65. The second-order valence-corrected chi connectivity index (χ2v) is 7.67. The molecule has 2 N–H and O–H groups in total. The molecular formula is C19H14ClFN2O3S. The van der Waals surface area contributed by atoms with E-state index in [1.165, 1.54) is 42.5 Å². The summed E-state index contributed by atoms with van der Waals surface area (Å²) in [6.45, 7) is 0. The normalized spacial score (nSPS) is 11.0. The van der Waals surface area contributed by atoms with E-state index in [0.29, 0.717) is 5.69 Å². The lowest BCUT2D eigenvalue weighted by Crippen LogP contribution is -2.15. The van der Waals surface area contributed by atoms with E-state index in [9.17, 15) is 17.6 Å². The molecule has 138 valence electrons. The van der Waals surface area contributed by atoms with Gasteiger partial charge in [-0.25, -0.2) is 12.8 Å². The average molecular weight is 405 g/mol. The van der Waals surface area contributed by atoms with Crippen LogP contribution in [-0.4, -0.2) is 14.3 Å². The Kier molecular flexibility index (Phi) is 5.43. The summed E-state index contributed by atoms with van der Waals surface area (Å²) >= 11 is 5.70. The number of benzene rings is 3. The summed E-state index contributed by atoms with van der Waals surface area (Å²) in [5.74, 6) is -1.08. The van der Waals surface area contributed by atoms with E-state index in [-0.39, 0.29) is 21.2 Å². The Balaban J connectivity index is 1.79. The molecule has 0 aliphatic heterocycles. The lowest BCUT2D eigenvalue weighted by molar-refractivity contribution is 0.102. The summed E-state index contributed by atoms with van der Waals surface area (Å²) in [5.41, 5.74) is 0.786. The molecule has 0 saturated carbocycles. The second-order valence-electron chi connectivity index (χ2n) is 5.58. The molecule has 0 radical (unpaired) electrons. The summed E-state index contributed by atoms with van der Waals surface area (Å²) in [4.78, 5) is 12.5. The van der Waals surface area contributed by atoms with Crippen LogP contribution in [0.2, 0.25) is 5.02 Å². The van der Waals surface area contributed by atoms with Crippen molar-refractivity contribution >= 4 is 38.9 Å². The minimum atomic E-state index is -3.77. The van der Waals surface area contributed by atoms with Gasteiger partial charge in [-0.15, -0.1) is 0 Å². The smallest absolute Gasteiger partial charge is 0.261 e. The van der Waals surface area contributed by atoms with Crippen molar-refractivity contribution < 1.29 is 17.6 Å². The number of hydrogen-bond acceptors (Lipinski definition) is 3. The molecule has 0 atom stereocenters. The molecule has 0 aromatic heterocycles. The number of nitrogens with one attached hydrogen (secondary N) is 2. The highest BCUT2D eigenvalue weighted by Crippen LogP contribution is 2.21. The molecule has 3 rings (SSSR count). The lowest BCUT2D eigenvalue weighted by atomic mass is 10.2. The SMILES string of the molecule is O=C(Nc1ccc(F)c(Cl)c1)c1cccc(NS(=O)(=O)c2ccccc2)c1. The first kappa shape index (κ1) is 18.9. The average Bonchev–Trinajstić information content (AvgIpc) is 2.65. The van der Waals surface area contributed by atoms with Crippen molar-refractivity contribution in [3.63, 3.8) is 0 Å². The number of rotatable bonds is 5. The fourth-order valence-corrected chi connectivity index (χ4v) is 3.57. The zero-order valence-electron chi connectivity index (χ0n) is 13.8. The van der Waals surface area contributed by atoms with Gasteiger partial charge in [-0.05, 0) is 48.5 Å². The number of anilines is 2. The van der Waals surface area contributed by atoms with Gasteiger partial charge in [0, 0.05) is 16.9 Å². The Hall–Kier alpha value is -2.90. The maximum Gasteiger partial charge on any atom is 0.261 e. The molecule has 5 nitrogen and oxygen atoms in total. The number of sulfonamides is 1. The Bertz CT molecular complexity index is 1090. The maximum absolute atomic E-state index is 13.2. The van der Waals surface area contributed by atoms with Crippen LogP contribution in [0.25, 0.3) is 0 Å². The monoisotopic (exact) mass is 404 g/mol. The van der Waals surface area contributed by atoms with Crippen LogP contribution in [0.4, 0.5) is 15.8 Å². The maximum atomic E-state index is 13.2. The van der Waals surface area contributed by atoms with E-state index in [2.05, 4.69) is 10.0 Å². The highest BCUT2D eigenvalue weighted by Gasteiger charge is 2.15. The Morgan fingerprint density at radius 1 is 0.889 bits per heavy atom. The lowest BCUT2D eigenvalue weighted by Gasteiger charge is -2.10. The van der Waals surface area contributed by atoms with Crippen molar-refractivity contribution in [1.82, 2.24) is 0 Å². The molecule has 1 amide bonds. The minimum Gasteiger partial charge on any atom is -0.322 e. The first-order valence-electron chi connectivity index (χ1n) is 7.79. The molecule has 0 fully saturated rings. The van der Waals surface area contributed by atoms with Crippen LogP contribution in [0.1, 0.15) is 10.4 Å². The van der Waals surface area contributed by atoms with Crippen LogP contribution < -0.4 is 10.0 Å². The Labute approximate surface area is 160 Å². The second kappa shape index (κ2) is 7.77. The standard InChI is InChI=1S/C19H14ClFN2O3S/c20-17-12-14(9-10-18(17)21)22-19(24)13-5-4-6-15(11-13)23-27(25,26)16-7-2-1-3-8-16/h1-12,23H,(H,22,24). The van der Waals surface area contributed by atoms with E-state index in [1.54, 1.807) is 24.3 Å². The van der Waals surface area contributed by atoms with Gasteiger partial charge in [0.05, 0.1) is 9.92 Å². The number of carbonyl (C=O) groups is 1. The van der Waals surface area contributed by atoms with Crippen LogP contribution in [0.5, 0.6) is 0 Å². The van der Waals surface area contributed by atoms with Gasteiger partial charge in [-0.2, -0.15) is 0 Å². The number of carbonyl (C=O) groups excluding carboxylic acids is 1. The predicted octanol–water partition coefficient (Wildman–Crippen LogP) is 4.53. The predicted molar refractivity (Wildman–Crippen MR) is 103 cm³/mol. The molecule has 0 heterocycles. The summed E-state index contributed by atoms with van der Waals surface area (Å²) < 4.78 is 40.4. The first-order chi connectivity index (χ1) is 12.8. The highest BCUT2D eigenvalue weighted by molar-refractivity contribution is 7.92. The summed E-state index contributed by atoms with van der Waals surface area (Å²) in [6, 6.07) is 17.7. The highest BCUT2D eigenvalue weighted by atomic mass is 35.5. The molecule has 0 aliphatic rings. The van der Waals surface area contributed by atoms with Gasteiger partial charge in [0.25, 0.3) is 15.9 Å². The third-order valence-corrected chi connectivity index (χ3v) is 5.29. The van der Waals surface area contributed by atoms with Crippen molar-refractivity contribution in [2.45, 2.75) is 4.90 Å². The molecule has 3 aromatic carbocycles. The van der Waals surface area contributed by atoms with Crippen molar-refractivity contribution in [2.75, 3.05) is 10.0 Å². The van der Waals surface area contributed by atoms with Crippen molar-refractivity contribution in [1.29, 1.82) is 0 Å². The largest absolute Gasteiger partial charge is 0.322 e. The molecule has 27 heavy (non-hydrogen) atoms. The molecule has 3 aromatic rings. The molecular weight excluding hydrogens is 391 g/mol. The van der Waals surface area contributed by atoms with Crippen LogP contribution in [0, 0.1) is 5.82 Å². The van der Waals surface area contributed by atoms with Crippen molar-refractivity contribution in [3.05, 3.63) is 89.2 Å². The number of amides is 1. The van der Waals surface area contributed by atoms with Gasteiger partial charge < -0.3 is 5.32 Å². The van der Waals surface area contributed by atoms with Gasteiger partial charge >= 0.3 is 0 Å². The molecule has 0 bridgehead atoms. The minimum absolute atomic E-state index is 0.112. The quantitative estimate of drug-likeness (QED) is 0.655. The summed E-state index contributed by atoms with van der Waals surface area (Å²) in [5, 5.41) is 2.47. The Morgan fingerprint density at radius 3 is 2.33 bits per heavy atom. The Morgan fingerprint density at radius 2 is 1.63 bits per heavy atom. The van der Waals surface area contributed by atoms with E-state index >= 15 is 0 Å². The topological polar surface area (TPSA) is 75.3 Å². The van der Waals surface area contributed by atoms with Crippen LogP contribution >= 0.6 is 11.6 Å². The summed E-state index contributed by atoms with van der Waals surface area (Å²) in [6.07, 6.45) is 0. The zero-order valence-corrected chi connectivity index (χ0v) is 15.4. The molecule has 0 saturated heterocycles. The third kappa shape index (κ3) is 4.64. The number of halogens is 2. The van der Waals surface area contributed by atoms with Gasteiger partial charge in [-0.1, -0.05) is 35.9 Å². The molecule has 8 heteroatoms.